The molecule has 0 N–H and O–H groups in total. The quantitative estimate of drug-likeness (QED) is 0.570. The molecule has 0 heterocycles. The van der Waals surface area contributed by atoms with Gasteiger partial charge in [0.1, 0.15) is 0 Å². The summed E-state index contributed by atoms with van der Waals surface area (Å²) >= 11 is 1.40. The number of hydrogen-bond donors (Lipinski definition) is 0. The minimum absolute atomic E-state index is 1.22. The van der Waals surface area contributed by atoms with E-state index in [0.717, 1.165) is 0 Å². The summed E-state index contributed by atoms with van der Waals surface area (Å²) in [4.78, 5) is 0. The molecule has 1 heteroatoms. The molecular formula is C6H10Zr. The molecule has 38 valence electrons. The predicted octanol–water partition coefficient (Wildman–Crippen LogP) is 1.68. The second-order valence-electron chi connectivity index (χ2n) is 1.49. The molecule has 0 radical (unpaired) electrons. The molecule has 0 nitrogen and oxygen atoms in total. The Labute approximate surface area is 59.9 Å². The summed E-state index contributed by atoms with van der Waals surface area (Å²) < 4.78 is 3.07. The zero-order valence-corrected chi connectivity index (χ0v) is 7.16. The van der Waals surface area contributed by atoms with Crippen LogP contribution in [0.3, 0.4) is 0 Å². The van der Waals surface area contributed by atoms with Gasteiger partial charge in [0.15, 0.2) is 0 Å². The summed E-state index contributed by atoms with van der Waals surface area (Å²) in [6.07, 6.45) is 5.97. The molecule has 0 aromatic carbocycles. The summed E-state index contributed by atoms with van der Waals surface area (Å²) in [5.74, 6) is 0. The van der Waals surface area contributed by atoms with Crippen LogP contribution in [0.5, 0.6) is 0 Å². The van der Waals surface area contributed by atoms with Crippen molar-refractivity contribution in [1.82, 2.24) is 0 Å². The molecule has 0 rings (SSSR count). The number of allylic oxidation sites excluding steroid dienone is 1. The summed E-state index contributed by atoms with van der Waals surface area (Å²) in [6.45, 7) is 2.21. The van der Waals surface area contributed by atoms with E-state index in [1.807, 2.05) is 0 Å². The average Bonchev–Trinajstić information content (AvgIpc) is 1.69. The van der Waals surface area contributed by atoms with E-state index in [0.29, 0.717) is 0 Å². The second kappa shape index (κ2) is 6.53. The summed E-state index contributed by atoms with van der Waals surface area (Å²) in [5, 5.41) is 0. The van der Waals surface area contributed by atoms with Crippen molar-refractivity contribution in [2.45, 2.75) is 26.2 Å². The number of rotatable bonds is 3. The molecular weight excluding hydrogens is 163 g/mol. The molecule has 0 bridgehead atoms. The van der Waals surface area contributed by atoms with Crippen LogP contribution < -0.4 is 0 Å². The first-order chi connectivity index (χ1) is 3.41. The van der Waals surface area contributed by atoms with Crippen molar-refractivity contribution in [2.75, 3.05) is 0 Å². The van der Waals surface area contributed by atoms with Gasteiger partial charge in [0, 0.05) is 0 Å². The molecule has 0 saturated heterocycles. The van der Waals surface area contributed by atoms with Crippen molar-refractivity contribution >= 4 is 3.36 Å². The Morgan fingerprint density at radius 1 is 1.71 bits per heavy atom. The Morgan fingerprint density at radius 2 is 2.43 bits per heavy atom. The van der Waals surface area contributed by atoms with E-state index in [9.17, 15) is 0 Å². The van der Waals surface area contributed by atoms with Crippen LogP contribution in [0.4, 0.5) is 0 Å². The fourth-order valence-corrected chi connectivity index (χ4v) is 0.733. The maximum absolute atomic E-state index is 3.07. The molecule has 0 aliphatic rings. The third-order valence-corrected chi connectivity index (χ3v) is 1.31. The van der Waals surface area contributed by atoms with Crippen LogP contribution in [0.15, 0.2) is 6.08 Å². The fourth-order valence-electron chi connectivity index (χ4n) is 0.378. The minimum atomic E-state index is 1.22. The van der Waals surface area contributed by atoms with Gasteiger partial charge in [0.2, 0.25) is 0 Å². The molecule has 0 unspecified atom stereocenters. The van der Waals surface area contributed by atoms with Crippen LogP contribution >= 0.6 is 0 Å². The van der Waals surface area contributed by atoms with E-state index >= 15 is 0 Å². The molecule has 0 aliphatic carbocycles. The van der Waals surface area contributed by atoms with Crippen molar-refractivity contribution in [2.24, 2.45) is 0 Å². The van der Waals surface area contributed by atoms with Crippen molar-refractivity contribution in [3.63, 3.8) is 0 Å². The van der Waals surface area contributed by atoms with Crippen molar-refractivity contribution in [3.8, 4) is 0 Å². The third-order valence-electron chi connectivity index (χ3n) is 0.804. The van der Waals surface area contributed by atoms with E-state index in [2.05, 4.69) is 16.4 Å². The van der Waals surface area contributed by atoms with E-state index in [1.165, 1.54) is 43.5 Å². The van der Waals surface area contributed by atoms with Crippen molar-refractivity contribution < 1.29 is 24.2 Å². The van der Waals surface area contributed by atoms with Gasteiger partial charge < -0.3 is 0 Å². The van der Waals surface area contributed by atoms with E-state index in [-0.39, 0.29) is 0 Å². The van der Waals surface area contributed by atoms with Crippen LogP contribution in [0.25, 0.3) is 0 Å². The van der Waals surface area contributed by atoms with Gasteiger partial charge in [-0.15, -0.1) is 0 Å². The predicted molar refractivity (Wildman–Crippen MR) is 29.1 cm³/mol. The molecule has 0 aromatic heterocycles. The van der Waals surface area contributed by atoms with Gasteiger partial charge >= 0.3 is 59.9 Å². The second-order valence-corrected chi connectivity index (χ2v) is 2.20. The van der Waals surface area contributed by atoms with Crippen LogP contribution in [0, 0.1) is 0 Å². The van der Waals surface area contributed by atoms with Crippen LogP contribution in [-0.4, -0.2) is 3.36 Å². The molecule has 0 fully saturated rings. The van der Waals surface area contributed by atoms with Gasteiger partial charge in [-0.05, 0) is 0 Å². The molecule has 0 saturated carbocycles. The number of unbranched alkanes of at least 4 members (excludes halogenated alkanes) is 2. The van der Waals surface area contributed by atoms with E-state index in [1.54, 1.807) is 0 Å². The average molecular weight is 173 g/mol. The Balaban J connectivity index is 2.83. The standard InChI is InChI=1S/C6H10.Zr/c1-3-5-6-4-2;/h4H,3,5-6H2,1H3;. The Kier molecular flexibility index (Phi) is 7.03. The first-order valence-electron chi connectivity index (χ1n) is 2.65. The van der Waals surface area contributed by atoms with Crippen molar-refractivity contribution in [3.05, 3.63) is 6.08 Å². The molecule has 0 spiro atoms. The van der Waals surface area contributed by atoms with Gasteiger partial charge in [0.25, 0.3) is 0 Å². The van der Waals surface area contributed by atoms with Gasteiger partial charge in [-0.25, -0.2) is 0 Å². The molecule has 0 aliphatic heterocycles. The normalized spacial score (nSPS) is 7.43. The monoisotopic (exact) mass is 172 g/mol. The molecule has 0 amide bonds. The first-order valence-corrected chi connectivity index (χ1v) is 3.88. The summed E-state index contributed by atoms with van der Waals surface area (Å²) in [7, 11) is 0. The molecule has 0 aromatic rings. The summed E-state index contributed by atoms with van der Waals surface area (Å²) in [5.41, 5.74) is 0. The Bertz CT molecular complexity index is 70.2. The molecule has 7 heavy (non-hydrogen) atoms. The first kappa shape index (κ1) is 7.53. The fraction of sp³-hybridized carbons (Fsp3) is 0.667. The van der Waals surface area contributed by atoms with Gasteiger partial charge in [0.05, 0.1) is 0 Å². The van der Waals surface area contributed by atoms with E-state index in [4.69, 9.17) is 0 Å². The van der Waals surface area contributed by atoms with E-state index < -0.39 is 0 Å². The topological polar surface area (TPSA) is 0 Å². The number of hydrogen-bond acceptors (Lipinski definition) is 0. The van der Waals surface area contributed by atoms with Gasteiger partial charge in [-0.2, -0.15) is 0 Å². The van der Waals surface area contributed by atoms with Crippen LogP contribution in [-0.2, 0) is 24.2 Å². The molecule has 0 atom stereocenters. The van der Waals surface area contributed by atoms with Crippen molar-refractivity contribution in [1.29, 1.82) is 0 Å². The SMILES string of the molecule is CCCCC=[C]=[Zr]. The Morgan fingerprint density at radius 3 is 2.86 bits per heavy atom. The third kappa shape index (κ3) is 6.53. The van der Waals surface area contributed by atoms with Gasteiger partial charge in [-0.3, -0.25) is 0 Å². The van der Waals surface area contributed by atoms with Crippen LogP contribution in [0.2, 0.25) is 0 Å². The van der Waals surface area contributed by atoms with Gasteiger partial charge in [-0.1, -0.05) is 0 Å². The maximum atomic E-state index is 3.07. The van der Waals surface area contributed by atoms with Crippen LogP contribution in [0.1, 0.15) is 26.2 Å². The zero-order chi connectivity index (χ0) is 5.54. The Hall–Kier alpha value is 0.533. The summed E-state index contributed by atoms with van der Waals surface area (Å²) in [6, 6.07) is 0. The zero-order valence-electron chi connectivity index (χ0n) is 4.70.